The molecule has 1 aliphatic carbocycles. The van der Waals surface area contributed by atoms with Crippen LogP contribution in [-0.2, 0) is 66.5 Å². The summed E-state index contributed by atoms with van der Waals surface area (Å²) >= 11 is 0. The number of benzene rings is 6. The highest BCUT2D eigenvalue weighted by Gasteiger charge is 2.58. The largest absolute Gasteiger partial charge is 0.497 e. The van der Waals surface area contributed by atoms with Crippen molar-refractivity contribution in [3.05, 3.63) is 166 Å². The van der Waals surface area contributed by atoms with Gasteiger partial charge in [-0.05, 0) is 146 Å². The van der Waals surface area contributed by atoms with Crippen LogP contribution in [0.15, 0.2) is 128 Å². The minimum atomic E-state index is -1.46. The van der Waals surface area contributed by atoms with E-state index in [2.05, 4.69) is 20.9 Å². The number of carbonyl (C=O) groups is 9. The predicted octanol–water partition coefficient (Wildman–Crippen LogP) is 11.1. The van der Waals surface area contributed by atoms with Crippen LogP contribution in [0.2, 0.25) is 0 Å². The zero-order valence-corrected chi connectivity index (χ0v) is 62.6. The van der Waals surface area contributed by atoms with Gasteiger partial charge in [-0.15, -0.1) is 5.10 Å². The fourth-order valence-corrected chi connectivity index (χ4v) is 15.5. The van der Waals surface area contributed by atoms with E-state index in [-0.39, 0.29) is 134 Å². The number of Topliss-reactive ketones (excluding diaryl/α,β-unsaturated/α-hetero) is 3. The third-order valence-corrected chi connectivity index (χ3v) is 22.0. The summed E-state index contributed by atoms with van der Waals surface area (Å²) < 4.78 is 37.2. The Bertz CT molecular complexity index is 4680. The average Bonchev–Trinajstić information content (AvgIpc) is 1.50. The predicted molar refractivity (Wildman–Crippen MR) is 405 cm³/mol. The van der Waals surface area contributed by atoms with Gasteiger partial charge in [0, 0.05) is 93.0 Å². The number of carbonyl (C=O) groups excluding carboxylic acids is 9. The lowest BCUT2D eigenvalue weighted by Crippen LogP contribution is -2.50. The summed E-state index contributed by atoms with van der Waals surface area (Å²) in [4.78, 5) is 130. The van der Waals surface area contributed by atoms with Crippen molar-refractivity contribution < 1.29 is 76.7 Å². The lowest BCUT2D eigenvalue weighted by atomic mass is 9.89. The number of aliphatic hydroxyl groups is 1. The highest BCUT2D eigenvalue weighted by atomic mass is 16.6. The van der Waals surface area contributed by atoms with Gasteiger partial charge in [0.25, 0.3) is 11.8 Å². The molecule has 1 saturated carbocycles. The second kappa shape index (κ2) is 33.1. The zero-order chi connectivity index (χ0) is 76.8. The molecule has 6 heterocycles. The number of ether oxygens (including phenoxy) is 6. The first-order valence-corrected chi connectivity index (χ1v) is 37.5. The summed E-state index contributed by atoms with van der Waals surface area (Å²) in [7, 11) is 6.50. The Morgan fingerprint density at radius 3 is 2.07 bits per heavy atom. The molecule has 6 aromatic carbocycles. The van der Waals surface area contributed by atoms with E-state index in [1.807, 2.05) is 97.0 Å². The highest BCUT2D eigenvalue weighted by Crippen LogP contribution is 2.57. The minimum Gasteiger partial charge on any atom is -0.497 e. The van der Waals surface area contributed by atoms with E-state index in [0.717, 1.165) is 75.4 Å². The first-order chi connectivity index (χ1) is 52.6. The molecule has 1 saturated heterocycles. The fraction of sp³-hybridized carbons (Fsp3) is 0.417. The molecule has 6 amide bonds. The van der Waals surface area contributed by atoms with Crippen LogP contribution >= 0.6 is 0 Å². The number of anilines is 2. The third kappa shape index (κ3) is 16.8. The summed E-state index contributed by atoms with van der Waals surface area (Å²) in [6.45, 7) is 5.87. The van der Waals surface area contributed by atoms with E-state index >= 15 is 0 Å². The van der Waals surface area contributed by atoms with Crippen molar-refractivity contribution in [1.29, 1.82) is 0 Å². The summed E-state index contributed by atoms with van der Waals surface area (Å²) in [5, 5.41) is 26.3. The minimum absolute atomic E-state index is 0.0371. The normalized spacial score (nSPS) is 17.6. The number of hydrogen-bond acceptors (Lipinski definition) is 18. The highest BCUT2D eigenvalue weighted by molar-refractivity contribution is 6.07. The molecule has 5 atom stereocenters. The van der Waals surface area contributed by atoms with Crippen molar-refractivity contribution in [2.75, 3.05) is 57.4 Å². The maximum atomic E-state index is 14.5. The van der Waals surface area contributed by atoms with E-state index in [1.165, 1.54) is 7.11 Å². The molecule has 13 rings (SSSR count). The molecule has 0 radical (unpaired) electrons. The molecule has 7 aromatic rings. The number of para-hydroxylation sites is 1. The first kappa shape index (κ1) is 76.0. The lowest BCUT2D eigenvalue weighted by Gasteiger charge is -2.31. The average molecular weight is 1480 g/mol. The van der Waals surface area contributed by atoms with Gasteiger partial charge in [0.05, 0.1) is 82.3 Å². The van der Waals surface area contributed by atoms with Crippen molar-refractivity contribution in [3.8, 4) is 51.3 Å². The summed E-state index contributed by atoms with van der Waals surface area (Å²) in [6.07, 6.45) is 5.39. The van der Waals surface area contributed by atoms with Gasteiger partial charge in [-0.3, -0.25) is 38.4 Å². The Balaban J connectivity index is 0.557. The summed E-state index contributed by atoms with van der Waals surface area (Å²) in [5.74, 6) is -1.49. The van der Waals surface area contributed by atoms with Crippen molar-refractivity contribution >= 4 is 69.9 Å². The van der Waals surface area contributed by atoms with Gasteiger partial charge in [0.1, 0.15) is 23.8 Å². The van der Waals surface area contributed by atoms with E-state index in [1.54, 1.807) is 91.9 Å². The van der Waals surface area contributed by atoms with Gasteiger partial charge in [0.15, 0.2) is 40.8 Å². The third-order valence-electron chi connectivity index (χ3n) is 22.0. The van der Waals surface area contributed by atoms with Gasteiger partial charge >= 0.3 is 6.09 Å². The van der Waals surface area contributed by atoms with Crippen LogP contribution in [0, 0.1) is 17.3 Å². The van der Waals surface area contributed by atoms with Crippen LogP contribution in [0.1, 0.15) is 153 Å². The smallest absolute Gasteiger partial charge is 0.416 e. The van der Waals surface area contributed by atoms with E-state index in [9.17, 15) is 48.3 Å². The molecule has 25 nitrogen and oxygen atoms in total. The quantitative estimate of drug-likeness (QED) is 0.0352. The monoisotopic (exact) mass is 1480 g/mol. The number of aliphatic hydroxyl groups excluding tert-OH is 1. The number of fused-ring (bicyclic) bond motifs is 9. The van der Waals surface area contributed by atoms with E-state index < -0.39 is 47.9 Å². The molecule has 5 aliphatic heterocycles. The molecule has 1 aromatic heterocycles. The van der Waals surface area contributed by atoms with Crippen molar-refractivity contribution in [1.82, 2.24) is 35.4 Å². The molecule has 1 unspecified atom stereocenters. The van der Waals surface area contributed by atoms with Gasteiger partial charge in [0.2, 0.25) is 17.7 Å². The second-order valence-electron chi connectivity index (χ2n) is 29.6. The lowest BCUT2D eigenvalue weighted by molar-refractivity contribution is -0.133. The van der Waals surface area contributed by atoms with Crippen molar-refractivity contribution in [3.63, 3.8) is 0 Å². The SMILES string of the molecule is COc1ccc(C2=CN3C(=O)c4cc(OC)c(OCCCCCOc5cc6c(cc5OC)C(=O)N5CC7(CC7)C[C@H]5C(O)N6C(=O)OCc5ccc(CC(=O)[C@H](C)NC(=O)[C@@H](CC(=O)CNC(=O)CCC(=O)CCC(=O)N6Cc7ccccc7-c7c(nnn7C)-c7ccccc76)C(C)C)cc5)cc4CC[C@@H]3C2)cc1. The van der Waals surface area contributed by atoms with Crippen LogP contribution in [0.5, 0.6) is 28.7 Å². The van der Waals surface area contributed by atoms with Crippen LogP contribution in [0.3, 0.4) is 0 Å². The summed E-state index contributed by atoms with van der Waals surface area (Å²) in [6, 6.07) is 35.1. The first-order valence-electron chi connectivity index (χ1n) is 37.5. The molecule has 2 fully saturated rings. The molecule has 109 heavy (non-hydrogen) atoms. The van der Waals surface area contributed by atoms with Gasteiger partial charge in [-0.2, -0.15) is 0 Å². The molecule has 570 valence electrons. The summed E-state index contributed by atoms with van der Waals surface area (Å²) in [5.41, 5.74) is 9.63. The molecular formula is C84H93N9O16. The molecular weight excluding hydrogens is 1390 g/mol. The number of nitrogens with one attached hydrogen (secondary N) is 2. The Morgan fingerprint density at radius 1 is 0.688 bits per heavy atom. The number of aryl methyl sites for hydroxylation is 2. The Labute approximate surface area is 633 Å². The standard InChI is InChI=1S/C84H93N9O16/c1-50(2)64(40-60(95)45-85-75(97)31-27-59(94)28-32-76(98)91-46-56-15-9-10-16-62(56)78-77(87-88-89(78)4)63-17-11-12-18-67(63)91)79(99)86-51(3)70(96)37-52-19-21-53(22-20-52)48-109-83(103)93-68-43-74(72(106-7)42-66(68)81(101)92-49-84(33-34-84)44-69(92)82(93)102)108-36-14-8-13-35-107-73-39-55-23-26-58-38-57(54-24-29-61(104-5)30-25-54)47-90(58)80(100)65(55)41-71(73)105-6/h9-12,15-22,24-25,29-30,39,41-43,47,50-51,58,64,69,82,102H,8,13-14,23,26-28,31-38,40,44-46,48-49H2,1-7H3,(H,85,97)(H,86,99)/t51-,58+,64-,69-,82?/m0/s1. The number of unbranched alkanes of at least 4 members (excludes halogenated alkanes) is 2. The maximum Gasteiger partial charge on any atom is 0.416 e. The fourth-order valence-electron chi connectivity index (χ4n) is 15.5. The Hall–Kier alpha value is -11.2. The van der Waals surface area contributed by atoms with Gasteiger partial charge in [-0.1, -0.05) is 97.9 Å². The van der Waals surface area contributed by atoms with Crippen molar-refractivity contribution in [2.45, 2.75) is 155 Å². The molecule has 0 bridgehead atoms. The zero-order valence-electron chi connectivity index (χ0n) is 62.6. The van der Waals surface area contributed by atoms with Gasteiger partial charge in [-0.25, -0.2) is 14.4 Å². The van der Waals surface area contributed by atoms with E-state index in [0.29, 0.717) is 84.8 Å². The number of rotatable bonds is 30. The van der Waals surface area contributed by atoms with Gasteiger partial charge < -0.3 is 58.9 Å². The molecule has 3 N–H and O–H groups in total. The number of nitrogens with zero attached hydrogens (tertiary/aromatic N) is 7. The number of hydrogen-bond donors (Lipinski definition) is 3. The molecule has 25 heteroatoms. The number of ketones is 3. The number of methoxy groups -OCH3 is 3. The second-order valence-corrected chi connectivity index (χ2v) is 29.6. The number of aromatic nitrogens is 3. The van der Waals surface area contributed by atoms with Crippen LogP contribution in [0.4, 0.5) is 16.2 Å². The molecule has 1 spiro atoms. The van der Waals surface area contributed by atoms with Crippen LogP contribution in [-0.4, -0.2) is 155 Å². The Kier molecular flexibility index (Phi) is 23.1. The Morgan fingerprint density at radius 2 is 1.37 bits per heavy atom. The maximum absolute atomic E-state index is 14.5. The van der Waals surface area contributed by atoms with Crippen LogP contribution < -0.4 is 44.1 Å². The topological polar surface area (TPSA) is 297 Å². The van der Waals surface area contributed by atoms with Crippen LogP contribution in [0.25, 0.3) is 28.1 Å². The van der Waals surface area contributed by atoms with E-state index in [4.69, 9.17) is 28.4 Å². The molecule has 6 aliphatic rings. The van der Waals surface area contributed by atoms with Crippen molar-refractivity contribution in [2.24, 2.45) is 24.3 Å². The number of amides is 6.